The summed E-state index contributed by atoms with van der Waals surface area (Å²) in [4.78, 5) is 26.5. The van der Waals surface area contributed by atoms with Gasteiger partial charge in [0.25, 0.3) is 5.91 Å². The normalized spacial score (nSPS) is 11.4. The Balaban J connectivity index is 2.35. The zero-order valence-electron chi connectivity index (χ0n) is 18.8. The summed E-state index contributed by atoms with van der Waals surface area (Å²) in [6.45, 7) is 10.3. The van der Waals surface area contributed by atoms with Gasteiger partial charge in [-0.2, -0.15) is 4.31 Å². The molecular weight excluding hydrogens is 414 g/mol. The number of benzene rings is 2. The van der Waals surface area contributed by atoms with E-state index in [0.29, 0.717) is 37.4 Å². The Kier molecular flexibility index (Phi) is 8.36. The molecule has 0 unspecified atom stereocenters. The van der Waals surface area contributed by atoms with Crippen molar-refractivity contribution in [3.63, 3.8) is 0 Å². The fourth-order valence-electron chi connectivity index (χ4n) is 3.35. The van der Waals surface area contributed by atoms with E-state index in [1.165, 1.54) is 17.3 Å². The molecule has 0 radical (unpaired) electrons. The molecule has 0 saturated carbocycles. The minimum atomic E-state index is -3.69. The van der Waals surface area contributed by atoms with Crippen molar-refractivity contribution in [1.29, 1.82) is 0 Å². The van der Waals surface area contributed by atoms with Gasteiger partial charge in [-0.25, -0.2) is 8.42 Å². The van der Waals surface area contributed by atoms with E-state index in [1.54, 1.807) is 49.9 Å². The smallest absolute Gasteiger partial charge is 0.255 e. The SMILES string of the molecule is CCN(Cc1ccccc1NC(=O)c1ccc(C)c(S(=O)(=O)N(CC)CC)c1)C(C)=O. The average Bonchev–Trinajstić information content (AvgIpc) is 2.73. The van der Waals surface area contributed by atoms with Crippen LogP contribution in [0.2, 0.25) is 0 Å². The molecule has 0 fully saturated rings. The molecule has 7 nitrogen and oxygen atoms in total. The number of hydrogen-bond donors (Lipinski definition) is 1. The maximum absolute atomic E-state index is 13.0. The standard InChI is InChI=1S/C23H31N3O4S/c1-6-25(18(5)27)16-20-11-9-10-12-21(20)24-23(28)19-14-13-17(4)22(15-19)31(29,30)26(7-2)8-3/h9-15H,6-8,16H2,1-5H3,(H,24,28). The lowest BCUT2D eigenvalue weighted by atomic mass is 10.1. The van der Waals surface area contributed by atoms with E-state index < -0.39 is 15.9 Å². The minimum Gasteiger partial charge on any atom is -0.339 e. The van der Waals surface area contributed by atoms with Crippen molar-refractivity contribution >= 4 is 27.5 Å². The maximum Gasteiger partial charge on any atom is 0.255 e. The fourth-order valence-corrected chi connectivity index (χ4v) is 5.06. The van der Waals surface area contributed by atoms with Gasteiger partial charge in [0.1, 0.15) is 0 Å². The van der Waals surface area contributed by atoms with Crippen molar-refractivity contribution in [3.8, 4) is 0 Å². The van der Waals surface area contributed by atoms with Crippen LogP contribution in [0.5, 0.6) is 0 Å². The van der Waals surface area contributed by atoms with Gasteiger partial charge in [-0.3, -0.25) is 9.59 Å². The summed E-state index contributed by atoms with van der Waals surface area (Å²) >= 11 is 0. The Morgan fingerprint density at radius 1 is 0.968 bits per heavy atom. The number of carbonyl (C=O) groups excluding carboxylic acids is 2. The zero-order valence-corrected chi connectivity index (χ0v) is 19.6. The first-order valence-corrected chi connectivity index (χ1v) is 11.8. The van der Waals surface area contributed by atoms with Gasteiger partial charge in [-0.05, 0) is 43.2 Å². The fraction of sp³-hybridized carbons (Fsp3) is 0.391. The molecule has 0 aliphatic heterocycles. The van der Waals surface area contributed by atoms with Crippen LogP contribution < -0.4 is 5.32 Å². The van der Waals surface area contributed by atoms with Crippen LogP contribution in [-0.4, -0.2) is 49.1 Å². The molecule has 31 heavy (non-hydrogen) atoms. The molecule has 0 spiro atoms. The maximum atomic E-state index is 13.0. The van der Waals surface area contributed by atoms with Crippen LogP contribution >= 0.6 is 0 Å². The molecule has 2 rings (SSSR count). The highest BCUT2D eigenvalue weighted by Gasteiger charge is 2.25. The van der Waals surface area contributed by atoms with Crippen LogP contribution in [0, 0.1) is 6.92 Å². The second-order valence-electron chi connectivity index (χ2n) is 7.21. The molecule has 0 aromatic heterocycles. The topological polar surface area (TPSA) is 86.8 Å². The van der Waals surface area contributed by atoms with Gasteiger partial charge in [0.2, 0.25) is 15.9 Å². The molecule has 8 heteroatoms. The van der Waals surface area contributed by atoms with Gasteiger partial charge in [0, 0.05) is 44.4 Å². The molecule has 0 atom stereocenters. The summed E-state index contributed by atoms with van der Waals surface area (Å²) in [5.41, 5.74) is 2.23. The van der Waals surface area contributed by atoms with E-state index in [0.717, 1.165) is 5.56 Å². The van der Waals surface area contributed by atoms with E-state index >= 15 is 0 Å². The number of para-hydroxylation sites is 1. The molecular formula is C23H31N3O4S. The molecule has 1 N–H and O–H groups in total. The Morgan fingerprint density at radius 2 is 1.61 bits per heavy atom. The Bertz CT molecular complexity index is 1050. The van der Waals surface area contributed by atoms with Crippen LogP contribution in [0.4, 0.5) is 5.69 Å². The third-order valence-corrected chi connectivity index (χ3v) is 7.42. The number of hydrogen-bond acceptors (Lipinski definition) is 4. The van der Waals surface area contributed by atoms with Gasteiger partial charge < -0.3 is 10.2 Å². The van der Waals surface area contributed by atoms with Crippen LogP contribution in [-0.2, 0) is 21.4 Å². The second kappa shape index (κ2) is 10.5. The molecule has 0 aliphatic carbocycles. The summed E-state index contributed by atoms with van der Waals surface area (Å²) in [7, 11) is -3.69. The highest BCUT2D eigenvalue weighted by Crippen LogP contribution is 2.23. The van der Waals surface area contributed by atoms with E-state index in [-0.39, 0.29) is 16.4 Å². The lowest BCUT2D eigenvalue weighted by molar-refractivity contribution is -0.129. The second-order valence-corrected chi connectivity index (χ2v) is 9.12. The average molecular weight is 446 g/mol. The summed E-state index contributed by atoms with van der Waals surface area (Å²) in [5, 5.41) is 2.87. The van der Waals surface area contributed by atoms with E-state index in [4.69, 9.17) is 0 Å². The Morgan fingerprint density at radius 3 is 2.19 bits per heavy atom. The number of aryl methyl sites for hydroxylation is 1. The molecule has 2 aromatic rings. The highest BCUT2D eigenvalue weighted by molar-refractivity contribution is 7.89. The summed E-state index contributed by atoms with van der Waals surface area (Å²) < 4.78 is 27.3. The van der Waals surface area contributed by atoms with Gasteiger partial charge in [-0.1, -0.05) is 38.1 Å². The van der Waals surface area contributed by atoms with Crippen LogP contribution in [0.15, 0.2) is 47.4 Å². The van der Waals surface area contributed by atoms with Crippen molar-refractivity contribution < 1.29 is 18.0 Å². The predicted octanol–water partition coefficient (Wildman–Crippen LogP) is 3.65. The largest absolute Gasteiger partial charge is 0.339 e. The van der Waals surface area contributed by atoms with Crippen LogP contribution in [0.25, 0.3) is 0 Å². The van der Waals surface area contributed by atoms with Crippen molar-refractivity contribution in [3.05, 3.63) is 59.2 Å². The van der Waals surface area contributed by atoms with Gasteiger partial charge >= 0.3 is 0 Å². The quantitative estimate of drug-likeness (QED) is 0.638. The van der Waals surface area contributed by atoms with E-state index in [2.05, 4.69) is 5.32 Å². The van der Waals surface area contributed by atoms with Gasteiger partial charge in [0.05, 0.1) is 4.90 Å². The van der Waals surface area contributed by atoms with Crippen molar-refractivity contribution in [2.24, 2.45) is 0 Å². The van der Waals surface area contributed by atoms with Gasteiger partial charge in [-0.15, -0.1) is 0 Å². The highest BCUT2D eigenvalue weighted by atomic mass is 32.2. The summed E-state index contributed by atoms with van der Waals surface area (Å²) in [6.07, 6.45) is 0. The Labute approximate surface area is 185 Å². The number of carbonyl (C=O) groups is 2. The third kappa shape index (κ3) is 5.71. The van der Waals surface area contributed by atoms with Crippen LogP contribution in [0.1, 0.15) is 49.2 Å². The number of nitrogens with zero attached hydrogens (tertiary/aromatic N) is 2. The molecule has 0 bridgehead atoms. The predicted molar refractivity (Wildman–Crippen MR) is 122 cm³/mol. The molecule has 168 valence electrons. The Hall–Kier alpha value is -2.71. The first-order chi connectivity index (χ1) is 14.6. The summed E-state index contributed by atoms with van der Waals surface area (Å²) in [6, 6.07) is 12.0. The molecule has 0 aliphatic rings. The molecule has 0 heterocycles. The number of rotatable bonds is 9. The minimum absolute atomic E-state index is 0.0478. The molecule has 2 aromatic carbocycles. The summed E-state index contributed by atoms with van der Waals surface area (Å²) in [5.74, 6) is -0.456. The van der Waals surface area contributed by atoms with Crippen molar-refractivity contribution in [2.75, 3.05) is 25.0 Å². The van der Waals surface area contributed by atoms with E-state index in [1.807, 2.05) is 19.1 Å². The number of anilines is 1. The first kappa shape index (κ1) is 24.6. The number of sulfonamides is 1. The molecule has 0 saturated heterocycles. The van der Waals surface area contributed by atoms with Crippen LogP contribution in [0.3, 0.4) is 0 Å². The lowest BCUT2D eigenvalue weighted by Gasteiger charge is -2.21. The van der Waals surface area contributed by atoms with E-state index in [9.17, 15) is 18.0 Å². The number of amides is 2. The number of nitrogens with one attached hydrogen (secondary N) is 1. The lowest BCUT2D eigenvalue weighted by Crippen LogP contribution is -2.31. The monoisotopic (exact) mass is 445 g/mol. The van der Waals surface area contributed by atoms with Crippen molar-refractivity contribution in [1.82, 2.24) is 9.21 Å². The first-order valence-electron chi connectivity index (χ1n) is 10.4. The third-order valence-electron chi connectivity index (χ3n) is 5.23. The zero-order chi connectivity index (χ0) is 23.2. The molecule has 2 amide bonds. The van der Waals surface area contributed by atoms with Crippen molar-refractivity contribution in [2.45, 2.75) is 46.1 Å². The van der Waals surface area contributed by atoms with Gasteiger partial charge in [0.15, 0.2) is 0 Å².